The van der Waals surface area contributed by atoms with E-state index in [-0.39, 0.29) is 16.3 Å². The van der Waals surface area contributed by atoms with E-state index in [9.17, 15) is 29.4 Å². The van der Waals surface area contributed by atoms with Crippen molar-refractivity contribution in [2.45, 2.75) is 13.8 Å². The van der Waals surface area contributed by atoms with Crippen LogP contribution in [0, 0.1) is 39.9 Å². The Bertz CT molecular complexity index is 1110. The smallest absolute Gasteiger partial charge is 0.279 e. The molecule has 11 heteroatoms. The minimum atomic E-state index is -0.778. The third-order valence-electron chi connectivity index (χ3n) is 4.14. The van der Waals surface area contributed by atoms with Gasteiger partial charge in [0.1, 0.15) is 11.4 Å². The number of amides is 1. The fourth-order valence-electron chi connectivity index (χ4n) is 2.69. The average molecular weight is 416 g/mol. The van der Waals surface area contributed by atoms with E-state index in [1.165, 1.54) is 19.1 Å². The predicted molar refractivity (Wildman–Crippen MR) is 105 cm³/mol. The molecule has 9 nitrogen and oxygen atoms in total. The third kappa shape index (κ3) is 4.09. The Morgan fingerprint density at radius 1 is 1.07 bits per heavy atom. The van der Waals surface area contributed by atoms with E-state index in [1.807, 2.05) is 0 Å². The van der Waals surface area contributed by atoms with Gasteiger partial charge in [0, 0.05) is 22.6 Å². The second kappa shape index (κ2) is 7.72. The molecule has 0 bridgehead atoms. The number of benzene rings is 2. The number of aryl methyl sites for hydroxylation is 1. The Labute approximate surface area is 167 Å². The molecular formula is C18H13FN4O5S. The molecule has 2 aromatic carbocycles. The van der Waals surface area contributed by atoms with E-state index in [1.54, 1.807) is 19.1 Å². The number of rotatable bonds is 5. The van der Waals surface area contributed by atoms with E-state index < -0.39 is 32.9 Å². The van der Waals surface area contributed by atoms with Gasteiger partial charge in [-0.25, -0.2) is 9.37 Å². The van der Waals surface area contributed by atoms with Crippen molar-refractivity contribution in [3.8, 4) is 11.3 Å². The lowest BCUT2D eigenvalue weighted by Crippen LogP contribution is -2.13. The normalized spacial score (nSPS) is 10.6. The zero-order chi connectivity index (χ0) is 21.3. The second-order valence-corrected chi connectivity index (χ2v) is 7.24. The van der Waals surface area contributed by atoms with Crippen LogP contribution in [0.4, 0.5) is 20.9 Å². The van der Waals surface area contributed by atoms with Gasteiger partial charge in [0.15, 0.2) is 5.13 Å². The maximum atomic E-state index is 13.1. The van der Waals surface area contributed by atoms with Crippen LogP contribution < -0.4 is 5.32 Å². The minimum Gasteiger partial charge on any atom is -0.298 e. The highest BCUT2D eigenvalue weighted by atomic mass is 32.1. The van der Waals surface area contributed by atoms with Gasteiger partial charge in [-0.1, -0.05) is 0 Å². The van der Waals surface area contributed by atoms with E-state index in [4.69, 9.17) is 0 Å². The third-order valence-corrected chi connectivity index (χ3v) is 5.03. The quantitative estimate of drug-likeness (QED) is 0.477. The maximum absolute atomic E-state index is 13.1. The number of thiazole rings is 1. The van der Waals surface area contributed by atoms with Gasteiger partial charge in [-0.2, -0.15) is 0 Å². The summed E-state index contributed by atoms with van der Waals surface area (Å²) in [6.07, 6.45) is 0. The highest BCUT2D eigenvalue weighted by molar-refractivity contribution is 7.16. The number of hydrogen-bond donors (Lipinski definition) is 1. The summed E-state index contributed by atoms with van der Waals surface area (Å²) in [4.78, 5) is 38.4. The van der Waals surface area contributed by atoms with Crippen LogP contribution in [0.3, 0.4) is 0 Å². The Hall–Kier alpha value is -3.73. The summed E-state index contributed by atoms with van der Waals surface area (Å²) in [7, 11) is 0. The van der Waals surface area contributed by atoms with Crippen molar-refractivity contribution in [2.75, 3.05) is 5.32 Å². The fraction of sp³-hybridized carbons (Fsp3) is 0.111. The summed E-state index contributed by atoms with van der Waals surface area (Å²) in [5.74, 6) is -1.16. The Morgan fingerprint density at radius 2 is 1.62 bits per heavy atom. The average Bonchev–Trinajstić information content (AvgIpc) is 3.02. The molecular weight excluding hydrogens is 403 g/mol. The van der Waals surface area contributed by atoms with Crippen molar-refractivity contribution in [1.29, 1.82) is 0 Å². The number of halogens is 1. The van der Waals surface area contributed by atoms with Crippen molar-refractivity contribution in [3.05, 3.63) is 78.4 Å². The second-order valence-electron chi connectivity index (χ2n) is 6.04. The molecule has 1 amide bonds. The first-order chi connectivity index (χ1) is 13.7. The van der Waals surface area contributed by atoms with Crippen LogP contribution >= 0.6 is 11.3 Å². The van der Waals surface area contributed by atoms with E-state index in [0.717, 1.165) is 28.3 Å². The largest absolute Gasteiger partial charge is 0.298 e. The number of nitro groups is 2. The van der Waals surface area contributed by atoms with E-state index >= 15 is 0 Å². The van der Waals surface area contributed by atoms with Gasteiger partial charge in [-0.15, -0.1) is 11.3 Å². The first-order valence-corrected chi connectivity index (χ1v) is 8.97. The number of aromatic nitrogens is 1. The predicted octanol–water partition coefficient (Wildman–Crippen LogP) is 4.63. The number of hydrogen-bond acceptors (Lipinski definition) is 7. The molecule has 0 radical (unpaired) electrons. The molecule has 0 aliphatic carbocycles. The molecule has 0 atom stereocenters. The van der Waals surface area contributed by atoms with Gasteiger partial charge >= 0.3 is 0 Å². The van der Waals surface area contributed by atoms with Crippen LogP contribution in [-0.2, 0) is 0 Å². The van der Waals surface area contributed by atoms with Gasteiger partial charge in [0.2, 0.25) is 0 Å². The van der Waals surface area contributed by atoms with Crippen molar-refractivity contribution in [2.24, 2.45) is 0 Å². The molecule has 1 N–H and O–H groups in total. The number of nitrogens with zero attached hydrogens (tertiary/aromatic N) is 3. The van der Waals surface area contributed by atoms with Crippen molar-refractivity contribution >= 4 is 33.8 Å². The number of carbonyl (C=O) groups is 1. The summed E-state index contributed by atoms with van der Waals surface area (Å²) in [6.45, 7) is 3.02. The zero-order valence-corrected chi connectivity index (χ0v) is 15.9. The van der Waals surface area contributed by atoms with Gasteiger partial charge < -0.3 is 0 Å². The molecule has 0 aliphatic rings. The van der Waals surface area contributed by atoms with Crippen molar-refractivity contribution in [1.82, 2.24) is 4.98 Å². The van der Waals surface area contributed by atoms with Crippen molar-refractivity contribution in [3.63, 3.8) is 0 Å². The molecule has 148 valence electrons. The maximum Gasteiger partial charge on any atom is 0.279 e. The van der Waals surface area contributed by atoms with Crippen LogP contribution in [0.25, 0.3) is 11.3 Å². The fourth-order valence-corrected chi connectivity index (χ4v) is 3.52. The van der Waals surface area contributed by atoms with E-state index in [0.29, 0.717) is 11.3 Å². The molecule has 0 saturated heterocycles. The molecule has 1 heterocycles. The first kappa shape index (κ1) is 20.0. The minimum absolute atomic E-state index is 0.139. The van der Waals surface area contributed by atoms with Crippen LogP contribution in [0.1, 0.15) is 20.8 Å². The molecule has 0 aliphatic heterocycles. The molecule has 3 rings (SSSR count). The molecule has 1 aromatic heterocycles. The van der Waals surface area contributed by atoms with Crippen LogP contribution in [0.15, 0.2) is 36.4 Å². The zero-order valence-electron chi connectivity index (χ0n) is 15.1. The van der Waals surface area contributed by atoms with Gasteiger partial charge in [-0.3, -0.25) is 30.3 Å². The van der Waals surface area contributed by atoms with Crippen LogP contribution in [0.2, 0.25) is 0 Å². The Balaban J connectivity index is 1.93. The highest BCUT2D eigenvalue weighted by Crippen LogP contribution is 2.32. The number of carbonyl (C=O) groups excluding carboxylic acids is 1. The Kier molecular flexibility index (Phi) is 5.33. The SMILES string of the molecule is Cc1sc(NC(=O)c2cc([N+](=O)[O-])c(C)c([N+](=O)[O-])c2)nc1-c1ccc(F)cc1. The molecule has 0 saturated carbocycles. The lowest BCUT2D eigenvalue weighted by atomic mass is 10.1. The standard InChI is InChI=1S/C18H13FN4O5S/c1-9-14(22(25)26)7-12(8-15(9)23(27)28)17(24)21-18-20-16(10(2)29-18)11-3-5-13(19)6-4-11/h3-8H,1-2H3,(H,20,21,24). The molecule has 0 unspecified atom stereocenters. The monoisotopic (exact) mass is 416 g/mol. The summed E-state index contributed by atoms with van der Waals surface area (Å²) in [5, 5.41) is 25.1. The molecule has 0 fully saturated rings. The number of nitrogens with one attached hydrogen (secondary N) is 1. The van der Waals surface area contributed by atoms with E-state index in [2.05, 4.69) is 10.3 Å². The first-order valence-electron chi connectivity index (χ1n) is 8.15. The van der Waals surface area contributed by atoms with Gasteiger partial charge in [0.25, 0.3) is 17.3 Å². The number of nitro benzene ring substituents is 2. The number of anilines is 1. The molecule has 29 heavy (non-hydrogen) atoms. The lowest BCUT2D eigenvalue weighted by molar-refractivity contribution is -0.395. The summed E-state index contributed by atoms with van der Waals surface area (Å²) < 4.78 is 13.1. The molecule has 3 aromatic rings. The summed E-state index contributed by atoms with van der Waals surface area (Å²) >= 11 is 1.16. The van der Waals surface area contributed by atoms with Gasteiger partial charge in [-0.05, 0) is 38.1 Å². The Morgan fingerprint density at radius 3 is 2.14 bits per heavy atom. The van der Waals surface area contributed by atoms with Gasteiger partial charge in [0.05, 0.1) is 21.1 Å². The summed E-state index contributed by atoms with van der Waals surface area (Å²) in [5.41, 5.74) is -0.211. The van der Waals surface area contributed by atoms with Crippen LogP contribution in [-0.4, -0.2) is 20.7 Å². The molecule has 0 spiro atoms. The van der Waals surface area contributed by atoms with Crippen LogP contribution in [0.5, 0.6) is 0 Å². The topological polar surface area (TPSA) is 128 Å². The lowest BCUT2D eigenvalue weighted by Gasteiger charge is -2.04. The summed E-state index contributed by atoms with van der Waals surface area (Å²) in [6, 6.07) is 7.65. The highest BCUT2D eigenvalue weighted by Gasteiger charge is 2.26. The van der Waals surface area contributed by atoms with Crippen molar-refractivity contribution < 1.29 is 19.0 Å².